The summed E-state index contributed by atoms with van der Waals surface area (Å²) in [5.74, 6) is -2.51. The highest BCUT2D eigenvalue weighted by Crippen LogP contribution is 2.32. The van der Waals surface area contributed by atoms with Gasteiger partial charge in [0.25, 0.3) is 0 Å². The highest BCUT2D eigenvalue weighted by atomic mass is 79.9. The molecule has 0 radical (unpaired) electrons. The lowest BCUT2D eigenvalue weighted by molar-refractivity contribution is -0.169. The molecule has 1 aromatic rings. The molecule has 0 heterocycles. The Bertz CT molecular complexity index is 512. The SMILES string of the molecule is CCCC(Cc1cc(F)cc(Br)c1)(C(=O)O)C(=O)OCC. The number of rotatable bonds is 7. The minimum absolute atomic E-state index is 0.102. The predicted molar refractivity (Wildman–Crippen MR) is 79.4 cm³/mol. The van der Waals surface area contributed by atoms with Gasteiger partial charge in [-0.05, 0) is 43.5 Å². The van der Waals surface area contributed by atoms with Crippen LogP contribution in [0.4, 0.5) is 4.39 Å². The Morgan fingerprint density at radius 3 is 2.48 bits per heavy atom. The van der Waals surface area contributed by atoms with Crippen molar-refractivity contribution < 1.29 is 23.8 Å². The maximum atomic E-state index is 13.4. The summed E-state index contributed by atoms with van der Waals surface area (Å²) in [6.45, 7) is 3.51. The Balaban J connectivity index is 3.22. The average Bonchev–Trinajstić information content (AvgIpc) is 2.36. The Morgan fingerprint density at radius 2 is 2.00 bits per heavy atom. The normalized spacial score (nSPS) is 13.5. The molecule has 4 nitrogen and oxygen atoms in total. The quantitative estimate of drug-likeness (QED) is 0.596. The van der Waals surface area contributed by atoms with Crippen molar-refractivity contribution in [3.63, 3.8) is 0 Å². The van der Waals surface area contributed by atoms with E-state index in [9.17, 15) is 19.1 Å². The smallest absolute Gasteiger partial charge is 0.323 e. The van der Waals surface area contributed by atoms with Gasteiger partial charge in [-0.25, -0.2) is 4.39 Å². The largest absolute Gasteiger partial charge is 0.480 e. The fourth-order valence-corrected chi connectivity index (χ4v) is 2.80. The van der Waals surface area contributed by atoms with Gasteiger partial charge in [0.05, 0.1) is 6.61 Å². The van der Waals surface area contributed by atoms with Crippen LogP contribution < -0.4 is 0 Å². The van der Waals surface area contributed by atoms with Gasteiger partial charge >= 0.3 is 11.9 Å². The van der Waals surface area contributed by atoms with Crippen LogP contribution in [-0.4, -0.2) is 23.7 Å². The highest BCUT2D eigenvalue weighted by Gasteiger charge is 2.47. The Morgan fingerprint density at radius 1 is 1.33 bits per heavy atom. The number of halogens is 2. The van der Waals surface area contributed by atoms with E-state index in [1.165, 1.54) is 12.1 Å². The first-order chi connectivity index (χ1) is 9.85. The van der Waals surface area contributed by atoms with Crippen molar-refractivity contribution >= 4 is 27.9 Å². The summed E-state index contributed by atoms with van der Waals surface area (Å²) in [5.41, 5.74) is -1.25. The van der Waals surface area contributed by atoms with Crippen LogP contribution in [0.15, 0.2) is 22.7 Å². The second-order valence-corrected chi connectivity index (χ2v) is 5.73. The monoisotopic (exact) mass is 360 g/mol. The third kappa shape index (κ3) is 4.27. The van der Waals surface area contributed by atoms with Crippen LogP contribution in [0.3, 0.4) is 0 Å². The van der Waals surface area contributed by atoms with Crippen molar-refractivity contribution in [3.05, 3.63) is 34.1 Å². The summed E-state index contributed by atoms with van der Waals surface area (Å²) < 4.78 is 18.9. The number of carbonyl (C=O) groups is 2. The molecule has 116 valence electrons. The van der Waals surface area contributed by atoms with Crippen LogP contribution in [0.5, 0.6) is 0 Å². The fraction of sp³-hybridized carbons (Fsp3) is 0.467. The maximum absolute atomic E-state index is 13.4. The maximum Gasteiger partial charge on any atom is 0.323 e. The standard InChI is InChI=1S/C15H18BrFO4/c1-3-5-15(13(18)19,14(20)21-4-2)9-10-6-11(16)8-12(17)7-10/h6-8H,3-5,9H2,1-2H3,(H,18,19). The van der Waals surface area contributed by atoms with Gasteiger partial charge in [-0.15, -0.1) is 0 Å². The molecular weight excluding hydrogens is 343 g/mol. The van der Waals surface area contributed by atoms with Gasteiger partial charge < -0.3 is 9.84 Å². The zero-order valence-electron chi connectivity index (χ0n) is 12.0. The van der Waals surface area contributed by atoms with E-state index in [0.29, 0.717) is 16.5 Å². The van der Waals surface area contributed by atoms with Crippen LogP contribution in [-0.2, 0) is 20.7 Å². The first-order valence-electron chi connectivity index (χ1n) is 6.71. The van der Waals surface area contributed by atoms with Crippen molar-refractivity contribution in [1.29, 1.82) is 0 Å². The number of hydrogen-bond acceptors (Lipinski definition) is 3. The molecule has 1 unspecified atom stereocenters. The number of benzene rings is 1. The van der Waals surface area contributed by atoms with Gasteiger partial charge in [-0.3, -0.25) is 9.59 Å². The molecule has 1 atom stereocenters. The van der Waals surface area contributed by atoms with Gasteiger partial charge in [0.2, 0.25) is 0 Å². The number of ether oxygens (including phenoxy) is 1. The molecule has 1 aromatic carbocycles. The van der Waals surface area contributed by atoms with Crippen LogP contribution in [0, 0.1) is 11.2 Å². The van der Waals surface area contributed by atoms with Crippen molar-refractivity contribution in [2.45, 2.75) is 33.1 Å². The number of carboxylic acids is 1. The molecule has 1 N–H and O–H groups in total. The van der Waals surface area contributed by atoms with E-state index in [4.69, 9.17) is 4.74 Å². The molecule has 1 rings (SSSR count). The molecule has 0 amide bonds. The Labute approximate surface area is 131 Å². The van der Waals surface area contributed by atoms with Gasteiger partial charge in [0, 0.05) is 4.47 Å². The van der Waals surface area contributed by atoms with Gasteiger partial charge in [-0.1, -0.05) is 29.3 Å². The van der Waals surface area contributed by atoms with E-state index in [-0.39, 0.29) is 19.4 Å². The van der Waals surface area contributed by atoms with Crippen LogP contribution in [0.25, 0.3) is 0 Å². The first kappa shape index (κ1) is 17.6. The van der Waals surface area contributed by atoms with E-state index in [0.717, 1.165) is 0 Å². The summed E-state index contributed by atoms with van der Waals surface area (Å²) in [5, 5.41) is 9.55. The number of aliphatic carboxylic acids is 1. The third-order valence-electron chi connectivity index (χ3n) is 3.18. The van der Waals surface area contributed by atoms with E-state index >= 15 is 0 Å². The lowest BCUT2D eigenvalue weighted by atomic mass is 9.78. The van der Waals surface area contributed by atoms with Crippen LogP contribution in [0.2, 0.25) is 0 Å². The van der Waals surface area contributed by atoms with Crippen LogP contribution >= 0.6 is 15.9 Å². The lowest BCUT2D eigenvalue weighted by Crippen LogP contribution is -2.42. The predicted octanol–water partition coefficient (Wildman–Crippen LogP) is 3.56. The first-order valence-corrected chi connectivity index (χ1v) is 7.50. The molecule has 0 aliphatic rings. The lowest BCUT2D eigenvalue weighted by Gasteiger charge is -2.27. The average molecular weight is 361 g/mol. The van der Waals surface area contributed by atoms with E-state index in [1.54, 1.807) is 19.9 Å². The summed E-state index contributed by atoms with van der Waals surface area (Å²) in [6.07, 6.45) is 0.530. The van der Waals surface area contributed by atoms with Gasteiger partial charge in [0.1, 0.15) is 5.82 Å². The zero-order chi connectivity index (χ0) is 16.0. The molecule has 0 spiro atoms. The van der Waals surface area contributed by atoms with Gasteiger partial charge in [0.15, 0.2) is 5.41 Å². The van der Waals surface area contributed by atoms with Gasteiger partial charge in [-0.2, -0.15) is 0 Å². The molecule has 6 heteroatoms. The highest BCUT2D eigenvalue weighted by molar-refractivity contribution is 9.10. The Hall–Kier alpha value is -1.43. The van der Waals surface area contributed by atoms with E-state index < -0.39 is 23.2 Å². The Kier molecular flexibility index (Phi) is 6.33. The number of carbonyl (C=O) groups excluding carboxylic acids is 1. The van der Waals surface area contributed by atoms with Crippen molar-refractivity contribution in [2.75, 3.05) is 6.61 Å². The molecule has 0 saturated carbocycles. The summed E-state index contributed by atoms with van der Waals surface area (Å²) in [4.78, 5) is 23.9. The molecular formula is C15H18BrFO4. The van der Waals surface area contributed by atoms with Crippen molar-refractivity contribution in [1.82, 2.24) is 0 Å². The molecule has 0 bridgehead atoms. The fourth-order valence-electron chi connectivity index (χ4n) is 2.29. The second-order valence-electron chi connectivity index (χ2n) is 4.81. The zero-order valence-corrected chi connectivity index (χ0v) is 13.6. The molecule has 0 fully saturated rings. The molecule has 21 heavy (non-hydrogen) atoms. The number of esters is 1. The minimum Gasteiger partial charge on any atom is -0.480 e. The van der Waals surface area contributed by atoms with E-state index in [2.05, 4.69) is 15.9 Å². The second kappa shape index (κ2) is 7.54. The molecule has 0 aromatic heterocycles. The summed E-state index contributed by atoms with van der Waals surface area (Å²) in [6, 6.07) is 4.11. The molecule has 0 saturated heterocycles. The number of hydrogen-bond donors (Lipinski definition) is 1. The molecule has 0 aliphatic carbocycles. The summed E-state index contributed by atoms with van der Waals surface area (Å²) in [7, 11) is 0. The van der Waals surface area contributed by atoms with E-state index in [1.807, 2.05) is 0 Å². The summed E-state index contributed by atoms with van der Waals surface area (Å²) >= 11 is 3.16. The molecule has 0 aliphatic heterocycles. The third-order valence-corrected chi connectivity index (χ3v) is 3.64. The topological polar surface area (TPSA) is 63.6 Å². The van der Waals surface area contributed by atoms with Crippen molar-refractivity contribution in [2.24, 2.45) is 5.41 Å². The van der Waals surface area contributed by atoms with Crippen molar-refractivity contribution in [3.8, 4) is 0 Å². The number of carboxylic acid groups (broad SMARTS) is 1. The van der Waals surface area contributed by atoms with Crippen LogP contribution in [0.1, 0.15) is 32.3 Å². The minimum atomic E-state index is -1.68.